The summed E-state index contributed by atoms with van der Waals surface area (Å²) in [5, 5.41) is 9.88. The van der Waals surface area contributed by atoms with Gasteiger partial charge in [-0.25, -0.2) is 4.79 Å². The lowest BCUT2D eigenvalue weighted by Gasteiger charge is -2.19. The second kappa shape index (κ2) is 7.06. The summed E-state index contributed by atoms with van der Waals surface area (Å²) in [6.45, 7) is 8.61. The van der Waals surface area contributed by atoms with Gasteiger partial charge in [-0.1, -0.05) is 10.3 Å². The van der Waals surface area contributed by atoms with Gasteiger partial charge in [-0.15, -0.1) is 0 Å². The first kappa shape index (κ1) is 17.7. The SMILES string of the molecule is CON=CC(C)OC(=O)c1c(C)noc1C(=O)NC(C)(C)C. The molecule has 0 aromatic carbocycles. The lowest BCUT2D eigenvalue weighted by molar-refractivity contribution is 0.0447. The van der Waals surface area contributed by atoms with Crippen LogP contribution in [-0.4, -0.2) is 42.0 Å². The molecule has 8 heteroatoms. The van der Waals surface area contributed by atoms with Gasteiger partial charge in [0.15, 0.2) is 0 Å². The number of hydrogen-bond donors (Lipinski definition) is 1. The minimum absolute atomic E-state index is 0.000540. The van der Waals surface area contributed by atoms with Crippen molar-refractivity contribution >= 4 is 18.1 Å². The van der Waals surface area contributed by atoms with E-state index in [0.717, 1.165) is 0 Å². The van der Waals surface area contributed by atoms with Gasteiger partial charge in [-0.2, -0.15) is 0 Å². The van der Waals surface area contributed by atoms with E-state index in [4.69, 9.17) is 9.26 Å². The maximum atomic E-state index is 12.2. The van der Waals surface area contributed by atoms with Gasteiger partial charge in [0.1, 0.15) is 18.8 Å². The zero-order chi connectivity index (χ0) is 16.9. The van der Waals surface area contributed by atoms with E-state index >= 15 is 0 Å². The summed E-state index contributed by atoms with van der Waals surface area (Å²) >= 11 is 0. The number of nitrogens with one attached hydrogen (secondary N) is 1. The van der Waals surface area contributed by atoms with Crippen LogP contribution in [0.3, 0.4) is 0 Å². The molecule has 0 fully saturated rings. The highest BCUT2D eigenvalue weighted by Crippen LogP contribution is 2.17. The van der Waals surface area contributed by atoms with Gasteiger partial charge in [0.2, 0.25) is 5.76 Å². The maximum absolute atomic E-state index is 12.2. The summed E-state index contributed by atoms with van der Waals surface area (Å²) in [7, 11) is 1.38. The minimum Gasteiger partial charge on any atom is -0.453 e. The smallest absolute Gasteiger partial charge is 0.344 e. The molecule has 1 N–H and O–H groups in total. The first-order valence-corrected chi connectivity index (χ1v) is 6.72. The number of aryl methyl sites for hydroxylation is 1. The quantitative estimate of drug-likeness (QED) is 0.504. The standard InChI is InChI=1S/C14H21N3O5/c1-8(7-15-20-6)21-13(19)10-9(2)17-22-11(10)12(18)16-14(3,4)5/h7-8H,1-6H3,(H,16,18). The number of carbonyl (C=O) groups excluding carboxylic acids is 2. The topological polar surface area (TPSA) is 103 Å². The highest BCUT2D eigenvalue weighted by atomic mass is 16.6. The molecule has 8 nitrogen and oxygen atoms in total. The van der Waals surface area contributed by atoms with E-state index in [9.17, 15) is 9.59 Å². The number of nitrogens with zero attached hydrogens (tertiary/aromatic N) is 2. The summed E-state index contributed by atoms with van der Waals surface area (Å²) in [5.41, 5.74) is -0.198. The molecule has 122 valence electrons. The zero-order valence-corrected chi connectivity index (χ0v) is 13.6. The maximum Gasteiger partial charge on any atom is 0.344 e. The van der Waals surface area contributed by atoms with Crippen LogP contribution in [0.25, 0.3) is 0 Å². The van der Waals surface area contributed by atoms with E-state index in [1.165, 1.54) is 13.3 Å². The van der Waals surface area contributed by atoms with Crippen LogP contribution in [0.1, 0.15) is 54.3 Å². The van der Waals surface area contributed by atoms with Crippen molar-refractivity contribution in [2.45, 2.75) is 46.3 Å². The molecule has 22 heavy (non-hydrogen) atoms. The Morgan fingerprint density at radius 2 is 2.05 bits per heavy atom. The molecule has 0 saturated heterocycles. The molecule has 1 unspecified atom stereocenters. The predicted octanol–water partition coefficient (Wildman–Crippen LogP) is 1.69. The van der Waals surface area contributed by atoms with E-state index in [1.54, 1.807) is 13.8 Å². The first-order chi connectivity index (χ1) is 10.2. The fourth-order valence-electron chi connectivity index (χ4n) is 1.57. The van der Waals surface area contributed by atoms with Crippen LogP contribution in [-0.2, 0) is 9.57 Å². The van der Waals surface area contributed by atoms with E-state index in [-0.39, 0.29) is 17.0 Å². The molecule has 0 aliphatic heterocycles. The molecular formula is C14H21N3O5. The van der Waals surface area contributed by atoms with Crippen molar-refractivity contribution in [3.63, 3.8) is 0 Å². The van der Waals surface area contributed by atoms with Gasteiger partial charge >= 0.3 is 5.97 Å². The number of aromatic nitrogens is 1. The van der Waals surface area contributed by atoms with Crippen molar-refractivity contribution in [2.24, 2.45) is 5.16 Å². The van der Waals surface area contributed by atoms with Crippen molar-refractivity contribution in [3.05, 3.63) is 17.0 Å². The number of carbonyl (C=O) groups is 2. The average Bonchev–Trinajstić information content (AvgIpc) is 2.76. The number of amides is 1. The van der Waals surface area contributed by atoms with Crippen molar-refractivity contribution in [1.29, 1.82) is 0 Å². The van der Waals surface area contributed by atoms with Gasteiger partial charge in [0.05, 0.1) is 11.9 Å². The Kier molecular flexibility index (Phi) is 5.67. The van der Waals surface area contributed by atoms with Crippen LogP contribution < -0.4 is 5.32 Å². The minimum atomic E-state index is -0.715. The Balaban J connectivity index is 2.95. The first-order valence-electron chi connectivity index (χ1n) is 6.72. The highest BCUT2D eigenvalue weighted by Gasteiger charge is 2.29. The van der Waals surface area contributed by atoms with Gasteiger partial charge in [0, 0.05) is 5.54 Å². The Morgan fingerprint density at radius 1 is 1.41 bits per heavy atom. The largest absolute Gasteiger partial charge is 0.453 e. The Labute approximate surface area is 128 Å². The Bertz CT molecular complexity index is 572. The molecule has 0 aliphatic carbocycles. The Hall–Kier alpha value is -2.38. The summed E-state index contributed by atoms with van der Waals surface area (Å²) in [6.07, 6.45) is 0.690. The van der Waals surface area contributed by atoms with Crippen LogP contribution in [0.5, 0.6) is 0 Å². The van der Waals surface area contributed by atoms with Crippen LogP contribution >= 0.6 is 0 Å². The molecule has 0 radical (unpaired) electrons. The number of rotatable bonds is 5. The molecule has 1 rings (SSSR count). The zero-order valence-electron chi connectivity index (χ0n) is 13.6. The predicted molar refractivity (Wildman–Crippen MR) is 78.8 cm³/mol. The fourth-order valence-corrected chi connectivity index (χ4v) is 1.57. The number of oxime groups is 1. The van der Waals surface area contributed by atoms with Gasteiger partial charge < -0.3 is 19.4 Å². The fraction of sp³-hybridized carbons (Fsp3) is 0.571. The molecule has 0 spiro atoms. The van der Waals surface area contributed by atoms with Gasteiger partial charge in [0.25, 0.3) is 5.91 Å². The summed E-state index contributed by atoms with van der Waals surface area (Å²) in [5.74, 6) is -1.42. The molecule has 1 heterocycles. The van der Waals surface area contributed by atoms with Crippen molar-refractivity contribution in [1.82, 2.24) is 10.5 Å². The van der Waals surface area contributed by atoms with E-state index in [1.807, 2.05) is 20.8 Å². The molecule has 0 saturated carbocycles. The molecule has 1 atom stereocenters. The van der Waals surface area contributed by atoms with E-state index in [0.29, 0.717) is 0 Å². The summed E-state index contributed by atoms with van der Waals surface area (Å²) in [6, 6.07) is 0. The second-order valence-corrected chi connectivity index (χ2v) is 5.72. The van der Waals surface area contributed by atoms with E-state index < -0.39 is 23.5 Å². The van der Waals surface area contributed by atoms with Crippen LogP contribution in [0.4, 0.5) is 0 Å². The molecule has 0 bridgehead atoms. The van der Waals surface area contributed by atoms with Gasteiger partial charge in [-0.3, -0.25) is 4.79 Å². The third-order valence-corrected chi connectivity index (χ3v) is 2.43. The summed E-state index contributed by atoms with van der Waals surface area (Å²) in [4.78, 5) is 28.9. The average molecular weight is 311 g/mol. The van der Waals surface area contributed by atoms with Crippen molar-refractivity contribution < 1.29 is 23.7 Å². The van der Waals surface area contributed by atoms with E-state index in [2.05, 4.69) is 20.5 Å². The molecule has 1 aromatic rings. The number of ether oxygens (including phenoxy) is 1. The van der Waals surface area contributed by atoms with Crippen LogP contribution in [0.2, 0.25) is 0 Å². The number of hydrogen-bond acceptors (Lipinski definition) is 7. The molecular weight excluding hydrogens is 290 g/mol. The second-order valence-electron chi connectivity index (χ2n) is 5.72. The third kappa shape index (κ3) is 4.87. The lowest BCUT2D eigenvalue weighted by atomic mass is 10.1. The summed E-state index contributed by atoms with van der Waals surface area (Å²) < 4.78 is 10.1. The molecule has 1 amide bonds. The van der Waals surface area contributed by atoms with Crippen molar-refractivity contribution in [2.75, 3.05) is 7.11 Å². The number of esters is 1. The molecule has 1 aromatic heterocycles. The normalized spacial score (nSPS) is 13.0. The molecule has 0 aliphatic rings. The van der Waals surface area contributed by atoms with Crippen LogP contribution in [0, 0.1) is 6.92 Å². The lowest BCUT2D eigenvalue weighted by Crippen LogP contribution is -2.41. The van der Waals surface area contributed by atoms with Gasteiger partial charge in [-0.05, 0) is 34.6 Å². The third-order valence-electron chi connectivity index (χ3n) is 2.43. The van der Waals surface area contributed by atoms with Crippen molar-refractivity contribution in [3.8, 4) is 0 Å². The highest BCUT2D eigenvalue weighted by molar-refractivity contribution is 6.04. The Morgan fingerprint density at radius 3 is 2.59 bits per heavy atom. The monoisotopic (exact) mass is 311 g/mol. The van der Waals surface area contributed by atoms with Crippen LogP contribution in [0.15, 0.2) is 9.68 Å².